The maximum atomic E-state index is 3.97. The van der Waals surface area contributed by atoms with Crippen LogP contribution in [0.1, 0.15) is 54.5 Å². The second-order valence-corrected chi connectivity index (χ2v) is 6.42. The number of hydrogen-bond donors (Lipinski definition) is 0. The molecule has 156 valence electrons. The molecule has 0 nitrogen and oxygen atoms in total. The van der Waals surface area contributed by atoms with Gasteiger partial charge < -0.3 is 0 Å². The van der Waals surface area contributed by atoms with Crippen molar-refractivity contribution in [3.63, 3.8) is 0 Å². The second-order valence-electron chi connectivity index (χ2n) is 6.42. The average molecular weight is 389 g/mol. The zero-order valence-electron chi connectivity index (χ0n) is 17.2. The number of allylic oxidation sites excluding steroid dienone is 2. The summed E-state index contributed by atoms with van der Waals surface area (Å²) >= 11 is 0. The fraction of sp³-hybridized carbons (Fsp3) is 0.241. The van der Waals surface area contributed by atoms with Crippen molar-refractivity contribution in [2.24, 2.45) is 0 Å². The Balaban J connectivity index is 0. The standard InChI is InChI=1S/C21H18.C3H8.C3H6.2CH4/c1-16(2)17-8-10-20(11-9-17)21-14-12-19(13-15-21)18-6-4-3-5-7-18;2*1-3-2;;/h3-15H,1H2,2H3;3H2,1-2H3;3H,1H2,2H3;2*1H4. The summed E-state index contributed by atoms with van der Waals surface area (Å²) in [5.74, 6) is 0. The SMILES string of the molecule is C.C.C=C(C)c1ccc(-c2ccc(-c3ccccc3)cc2)cc1.C=CC.CCC. The predicted octanol–water partition coefficient (Wildman–Crippen LogP) is 9.93. The molecule has 3 rings (SSSR count). The molecular weight excluding hydrogens is 348 g/mol. The van der Waals surface area contributed by atoms with Crippen LogP contribution >= 0.6 is 0 Å². The molecule has 0 saturated carbocycles. The van der Waals surface area contributed by atoms with Crippen molar-refractivity contribution in [2.75, 3.05) is 0 Å². The highest BCUT2D eigenvalue weighted by Gasteiger charge is 2.00. The maximum Gasteiger partial charge on any atom is -0.0184 e. The molecular formula is C29H40. The third-order valence-electron chi connectivity index (χ3n) is 3.70. The predicted molar refractivity (Wildman–Crippen MR) is 137 cm³/mol. The second kappa shape index (κ2) is 16.1. The van der Waals surface area contributed by atoms with Crippen LogP contribution in [0.15, 0.2) is 98.1 Å². The topological polar surface area (TPSA) is 0 Å². The molecule has 29 heavy (non-hydrogen) atoms. The van der Waals surface area contributed by atoms with Gasteiger partial charge in [0.15, 0.2) is 0 Å². The van der Waals surface area contributed by atoms with Crippen LogP contribution in [0.2, 0.25) is 0 Å². The van der Waals surface area contributed by atoms with Crippen LogP contribution in [0.4, 0.5) is 0 Å². The molecule has 3 aromatic carbocycles. The van der Waals surface area contributed by atoms with Gasteiger partial charge in [-0.05, 0) is 41.7 Å². The number of rotatable bonds is 3. The molecule has 0 heteroatoms. The van der Waals surface area contributed by atoms with E-state index in [0.717, 1.165) is 5.57 Å². The summed E-state index contributed by atoms with van der Waals surface area (Å²) < 4.78 is 0. The van der Waals surface area contributed by atoms with Gasteiger partial charge in [-0.1, -0.05) is 132 Å². The lowest BCUT2D eigenvalue weighted by molar-refractivity contribution is 1.09. The van der Waals surface area contributed by atoms with Gasteiger partial charge in [-0.15, -0.1) is 6.58 Å². The Morgan fingerprint density at radius 2 is 0.966 bits per heavy atom. The highest BCUT2D eigenvalue weighted by Crippen LogP contribution is 2.25. The van der Waals surface area contributed by atoms with E-state index < -0.39 is 0 Å². The summed E-state index contributed by atoms with van der Waals surface area (Å²) in [4.78, 5) is 0. The van der Waals surface area contributed by atoms with Gasteiger partial charge in [-0.3, -0.25) is 0 Å². The van der Waals surface area contributed by atoms with E-state index in [0.29, 0.717) is 0 Å². The van der Waals surface area contributed by atoms with Crippen LogP contribution in [0, 0.1) is 0 Å². The molecule has 3 aromatic rings. The van der Waals surface area contributed by atoms with Crippen molar-refractivity contribution in [1.82, 2.24) is 0 Å². The van der Waals surface area contributed by atoms with Crippen molar-refractivity contribution in [3.05, 3.63) is 104 Å². The fourth-order valence-corrected chi connectivity index (χ4v) is 2.43. The van der Waals surface area contributed by atoms with Gasteiger partial charge in [0.25, 0.3) is 0 Å². The monoisotopic (exact) mass is 388 g/mol. The van der Waals surface area contributed by atoms with E-state index in [-0.39, 0.29) is 14.9 Å². The van der Waals surface area contributed by atoms with Gasteiger partial charge in [-0.25, -0.2) is 0 Å². The molecule has 0 unspecified atom stereocenters. The van der Waals surface area contributed by atoms with E-state index in [4.69, 9.17) is 0 Å². The molecule has 0 aliphatic rings. The van der Waals surface area contributed by atoms with Gasteiger partial charge in [0, 0.05) is 0 Å². The van der Waals surface area contributed by atoms with Crippen LogP contribution in [-0.4, -0.2) is 0 Å². The Labute approximate surface area is 180 Å². The van der Waals surface area contributed by atoms with Gasteiger partial charge in [0.2, 0.25) is 0 Å². The van der Waals surface area contributed by atoms with E-state index >= 15 is 0 Å². The summed E-state index contributed by atoms with van der Waals surface area (Å²) in [5.41, 5.74) is 7.27. The summed E-state index contributed by atoms with van der Waals surface area (Å²) in [6.07, 6.45) is 3.00. The van der Waals surface area contributed by atoms with Crippen LogP contribution < -0.4 is 0 Å². The van der Waals surface area contributed by atoms with Crippen LogP contribution in [-0.2, 0) is 0 Å². The van der Waals surface area contributed by atoms with Crippen molar-refractivity contribution in [3.8, 4) is 22.3 Å². The molecule has 0 radical (unpaired) electrons. The lowest BCUT2D eigenvalue weighted by Gasteiger charge is -2.06. The number of hydrogen-bond acceptors (Lipinski definition) is 0. The van der Waals surface area contributed by atoms with E-state index in [2.05, 4.69) is 99.8 Å². The molecule has 0 aliphatic carbocycles. The average Bonchev–Trinajstić information content (AvgIpc) is 2.70. The van der Waals surface area contributed by atoms with Gasteiger partial charge in [-0.2, -0.15) is 0 Å². The fourth-order valence-electron chi connectivity index (χ4n) is 2.43. The van der Waals surface area contributed by atoms with E-state index in [9.17, 15) is 0 Å². The van der Waals surface area contributed by atoms with Crippen molar-refractivity contribution >= 4 is 5.57 Å². The molecule has 0 bridgehead atoms. The smallest absolute Gasteiger partial charge is 0.0184 e. The molecule has 0 aliphatic heterocycles. The summed E-state index contributed by atoms with van der Waals surface area (Å²) in [7, 11) is 0. The van der Waals surface area contributed by atoms with Gasteiger partial charge in [0.1, 0.15) is 0 Å². The number of benzene rings is 3. The molecule has 0 N–H and O–H groups in total. The van der Waals surface area contributed by atoms with Crippen LogP contribution in [0.25, 0.3) is 27.8 Å². The first kappa shape index (κ1) is 28.4. The first-order valence-corrected chi connectivity index (χ1v) is 9.56. The van der Waals surface area contributed by atoms with E-state index in [1.807, 2.05) is 19.9 Å². The Morgan fingerprint density at radius 1 is 0.690 bits per heavy atom. The highest BCUT2D eigenvalue weighted by molar-refractivity contribution is 5.72. The zero-order valence-corrected chi connectivity index (χ0v) is 17.2. The highest BCUT2D eigenvalue weighted by atomic mass is 14.1. The molecule has 0 fully saturated rings. The van der Waals surface area contributed by atoms with Gasteiger partial charge >= 0.3 is 0 Å². The molecule has 0 amide bonds. The summed E-state index contributed by atoms with van der Waals surface area (Å²) in [6.45, 7) is 15.5. The first-order valence-electron chi connectivity index (χ1n) is 9.56. The first-order chi connectivity index (χ1) is 13.1. The van der Waals surface area contributed by atoms with Gasteiger partial charge in [0.05, 0.1) is 0 Å². The third kappa shape index (κ3) is 9.76. The van der Waals surface area contributed by atoms with Crippen molar-refractivity contribution < 1.29 is 0 Å². The Morgan fingerprint density at radius 3 is 1.28 bits per heavy atom. The molecule has 0 aromatic heterocycles. The minimum absolute atomic E-state index is 0. The lowest BCUT2D eigenvalue weighted by atomic mass is 9.99. The summed E-state index contributed by atoms with van der Waals surface area (Å²) in [5, 5.41) is 0. The Hall–Kier alpha value is -2.86. The zero-order chi connectivity index (χ0) is 20.1. The summed E-state index contributed by atoms with van der Waals surface area (Å²) in [6, 6.07) is 27.7. The maximum absolute atomic E-state index is 3.97. The normalized spacial score (nSPS) is 8.55. The van der Waals surface area contributed by atoms with Crippen LogP contribution in [0.5, 0.6) is 0 Å². The molecule has 0 saturated heterocycles. The lowest BCUT2D eigenvalue weighted by Crippen LogP contribution is -1.82. The molecule has 0 heterocycles. The minimum atomic E-state index is 0. The Bertz CT molecular complexity index is 791. The molecule has 0 spiro atoms. The Kier molecular flexibility index (Phi) is 15.8. The van der Waals surface area contributed by atoms with E-state index in [1.54, 1.807) is 6.08 Å². The van der Waals surface area contributed by atoms with E-state index in [1.165, 1.54) is 34.2 Å². The van der Waals surface area contributed by atoms with Crippen LogP contribution in [0.3, 0.4) is 0 Å². The molecule has 0 atom stereocenters. The largest absolute Gasteiger partial charge is 0.103 e. The third-order valence-corrected chi connectivity index (χ3v) is 3.70. The quantitative estimate of drug-likeness (QED) is 0.391. The minimum Gasteiger partial charge on any atom is -0.103 e. The van der Waals surface area contributed by atoms with Crippen molar-refractivity contribution in [1.29, 1.82) is 0 Å². The van der Waals surface area contributed by atoms with Crippen molar-refractivity contribution in [2.45, 2.75) is 49.0 Å².